The Morgan fingerprint density at radius 1 is 0.974 bits per heavy atom. The van der Waals surface area contributed by atoms with Crippen LogP contribution < -0.4 is 5.73 Å². The van der Waals surface area contributed by atoms with Crippen LogP contribution in [0.1, 0.15) is 35.6 Å². The molecular weight excluding hydrogens is 560 g/mol. The summed E-state index contributed by atoms with van der Waals surface area (Å²) >= 11 is 25.6. The number of rotatable bonds is 4. The van der Waals surface area contributed by atoms with Crippen LogP contribution in [0.15, 0.2) is 95.1 Å². The van der Waals surface area contributed by atoms with Gasteiger partial charge in [-0.25, -0.2) is 0 Å². The second-order valence-corrected chi connectivity index (χ2v) is 11.0. The minimum atomic E-state index is -0.497. The van der Waals surface area contributed by atoms with Crippen molar-refractivity contribution < 1.29 is 4.74 Å². The fraction of sp³-hybridized carbons (Fsp3) is 0.167. The molecule has 3 aromatic carbocycles. The molecule has 2 aliphatic rings. The van der Waals surface area contributed by atoms with Crippen LogP contribution in [-0.2, 0) is 4.74 Å². The van der Waals surface area contributed by atoms with Crippen molar-refractivity contribution in [1.82, 2.24) is 4.90 Å². The van der Waals surface area contributed by atoms with Crippen molar-refractivity contribution in [3.63, 3.8) is 0 Å². The number of hydrogen-bond acceptors (Lipinski definition) is 4. The molecule has 0 aromatic heterocycles. The van der Waals surface area contributed by atoms with Gasteiger partial charge in [-0.2, -0.15) is 5.26 Å². The molecule has 8 heteroatoms. The van der Waals surface area contributed by atoms with Crippen LogP contribution >= 0.6 is 46.4 Å². The van der Waals surface area contributed by atoms with Gasteiger partial charge in [0.15, 0.2) is 0 Å². The maximum atomic E-state index is 10.1. The summed E-state index contributed by atoms with van der Waals surface area (Å²) in [5.74, 6) is 0.184. The number of benzene rings is 3. The van der Waals surface area contributed by atoms with Crippen molar-refractivity contribution in [3.8, 4) is 6.07 Å². The first-order valence-electron chi connectivity index (χ1n) is 12.0. The number of nitrogens with zero attached hydrogens (tertiary/aromatic N) is 2. The summed E-state index contributed by atoms with van der Waals surface area (Å²) in [7, 11) is 0. The number of nitriles is 1. The van der Waals surface area contributed by atoms with Gasteiger partial charge in [0.05, 0.1) is 5.92 Å². The Labute approximate surface area is 242 Å². The Morgan fingerprint density at radius 2 is 1.66 bits per heavy atom. The van der Waals surface area contributed by atoms with Crippen molar-refractivity contribution in [2.24, 2.45) is 5.73 Å². The third-order valence-electron chi connectivity index (χ3n) is 6.96. The fourth-order valence-corrected chi connectivity index (χ4v) is 5.99. The van der Waals surface area contributed by atoms with Crippen LogP contribution in [0.2, 0.25) is 20.1 Å². The minimum Gasteiger partial charge on any atom is -0.440 e. The van der Waals surface area contributed by atoms with Crippen molar-refractivity contribution >= 4 is 52.5 Å². The van der Waals surface area contributed by atoms with Crippen molar-refractivity contribution in [3.05, 3.63) is 132 Å². The smallest absolute Gasteiger partial charge is 0.205 e. The van der Waals surface area contributed by atoms with Crippen molar-refractivity contribution in [2.75, 3.05) is 13.1 Å². The Morgan fingerprint density at radius 3 is 2.32 bits per heavy atom. The Bertz CT molecular complexity index is 1540. The van der Waals surface area contributed by atoms with E-state index in [0.29, 0.717) is 44.5 Å². The Balaban J connectivity index is 1.70. The SMILES string of the molecule is C[C@H](c1ccccc1)N1CC2=C(OC(N)=C(C#N)C2c2ccc(Cl)cc2Cl)/C(=C/c2ccc(Cl)cc2Cl)C1. The lowest BCUT2D eigenvalue weighted by Gasteiger charge is -2.41. The Hall–Kier alpha value is -2.91. The lowest BCUT2D eigenvalue weighted by molar-refractivity contribution is 0.200. The predicted molar refractivity (Wildman–Crippen MR) is 155 cm³/mol. The molecule has 2 heterocycles. The summed E-state index contributed by atoms with van der Waals surface area (Å²) in [6, 6.07) is 23.3. The zero-order chi connectivity index (χ0) is 27.0. The van der Waals surface area contributed by atoms with Gasteiger partial charge in [-0.05, 0) is 59.5 Å². The van der Waals surface area contributed by atoms with E-state index in [1.165, 1.54) is 5.56 Å². The molecule has 0 saturated heterocycles. The second kappa shape index (κ2) is 11.1. The van der Waals surface area contributed by atoms with E-state index >= 15 is 0 Å². The number of hydrogen-bond donors (Lipinski definition) is 1. The maximum Gasteiger partial charge on any atom is 0.205 e. The van der Waals surface area contributed by atoms with Gasteiger partial charge in [0, 0.05) is 44.8 Å². The summed E-state index contributed by atoms with van der Waals surface area (Å²) in [4.78, 5) is 2.33. The van der Waals surface area contributed by atoms with Crippen LogP contribution in [0.25, 0.3) is 6.08 Å². The fourth-order valence-electron chi connectivity index (χ4n) is 5.01. The third kappa shape index (κ3) is 5.18. The molecular formula is C30H23Cl4N3O. The lowest BCUT2D eigenvalue weighted by Crippen LogP contribution is -2.39. The molecule has 0 aliphatic carbocycles. The standard InChI is InChI=1S/C30H23Cl4N3O/c1-17(18-5-3-2-4-6-18)37-15-20(11-19-7-8-21(31)12-26(19)33)29-25(16-37)28(24(14-35)30(36)38-29)23-10-9-22(32)13-27(23)34/h2-13,17,28H,15-16,36H2,1H3/b20-11+/t17-,28?/m1/s1. The number of ether oxygens (including phenoxy) is 1. The molecule has 192 valence electrons. The molecule has 2 N–H and O–H groups in total. The summed E-state index contributed by atoms with van der Waals surface area (Å²) in [6.07, 6.45) is 1.99. The molecule has 0 bridgehead atoms. The van der Waals surface area contributed by atoms with Crippen LogP contribution in [0.4, 0.5) is 0 Å². The highest BCUT2D eigenvalue weighted by Gasteiger charge is 2.39. The first-order chi connectivity index (χ1) is 18.3. The van der Waals surface area contributed by atoms with Gasteiger partial charge in [0.1, 0.15) is 17.4 Å². The van der Waals surface area contributed by atoms with Crippen LogP contribution in [0.5, 0.6) is 0 Å². The van der Waals surface area contributed by atoms with E-state index in [2.05, 4.69) is 30.0 Å². The van der Waals surface area contributed by atoms with Crippen molar-refractivity contribution in [1.29, 1.82) is 5.26 Å². The number of halogens is 4. The molecule has 0 amide bonds. The van der Waals surface area contributed by atoms with Gasteiger partial charge in [-0.1, -0.05) is 88.9 Å². The molecule has 2 aliphatic heterocycles. The maximum absolute atomic E-state index is 10.1. The number of allylic oxidation sites excluding steroid dienone is 1. The third-order valence-corrected chi connectivity index (χ3v) is 8.09. The highest BCUT2D eigenvalue weighted by molar-refractivity contribution is 6.36. The molecule has 0 saturated carbocycles. The molecule has 1 unspecified atom stereocenters. The van der Waals surface area contributed by atoms with E-state index in [1.807, 2.05) is 36.4 Å². The van der Waals surface area contributed by atoms with Crippen LogP contribution in [0.3, 0.4) is 0 Å². The van der Waals surface area contributed by atoms with E-state index in [-0.39, 0.29) is 11.9 Å². The molecule has 0 spiro atoms. The van der Waals surface area contributed by atoms with Gasteiger partial charge >= 0.3 is 0 Å². The first-order valence-corrected chi connectivity index (χ1v) is 13.5. The monoisotopic (exact) mass is 581 g/mol. The van der Waals surface area contributed by atoms with Gasteiger partial charge in [0.25, 0.3) is 0 Å². The predicted octanol–water partition coefficient (Wildman–Crippen LogP) is 8.52. The van der Waals surface area contributed by atoms with Gasteiger partial charge < -0.3 is 10.5 Å². The Kier molecular flexibility index (Phi) is 7.77. The zero-order valence-corrected chi connectivity index (χ0v) is 23.4. The normalized spacial score (nSPS) is 19.7. The van der Waals surface area contributed by atoms with E-state index in [1.54, 1.807) is 24.3 Å². The van der Waals surface area contributed by atoms with E-state index in [4.69, 9.17) is 56.9 Å². The molecule has 3 aromatic rings. The summed E-state index contributed by atoms with van der Waals surface area (Å²) < 4.78 is 6.17. The van der Waals surface area contributed by atoms with E-state index in [0.717, 1.165) is 22.3 Å². The topological polar surface area (TPSA) is 62.3 Å². The summed E-state index contributed by atoms with van der Waals surface area (Å²) in [5.41, 5.74) is 11.1. The van der Waals surface area contributed by atoms with Crippen molar-refractivity contribution in [2.45, 2.75) is 18.9 Å². The highest BCUT2D eigenvalue weighted by Crippen LogP contribution is 2.47. The average Bonchev–Trinajstić information content (AvgIpc) is 2.90. The zero-order valence-electron chi connectivity index (χ0n) is 20.4. The summed E-state index contributed by atoms with van der Waals surface area (Å²) in [5, 5.41) is 12.2. The molecule has 4 nitrogen and oxygen atoms in total. The molecule has 0 fully saturated rings. The van der Waals surface area contributed by atoms with Crippen LogP contribution in [-0.4, -0.2) is 18.0 Å². The quantitative estimate of drug-likeness (QED) is 0.335. The molecule has 5 rings (SSSR count). The van der Waals surface area contributed by atoms with Crippen LogP contribution in [0, 0.1) is 11.3 Å². The summed E-state index contributed by atoms with van der Waals surface area (Å²) in [6.45, 7) is 3.28. The minimum absolute atomic E-state index is 0.0555. The first kappa shape index (κ1) is 26.7. The van der Waals surface area contributed by atoms with E-state index in [9.17, 15) is 5.26 Å². The van der Waals surface area contributed by atoms with Gasteiger partial charge in [0.2, 0.25) is 5.88 Å². The number of nitrogens with two attached hydrogens (primary N) is 1. The molecule has 2 atom stereocenters. The van der Waals surface area contributed by atoms with E-state index < -0.39 is 5.92 Å². The van der Waals surface area contributed by atoms with Gasteiger partial charge in [-0.3, -0.25) is 4.90 Å². The van der Waals surface area contributed by atoms with Gasteiger partial charge in [-0.15, -0.1) is 0 Å². The second-order valence-electron chi connectivity index (χ2n) is 9.27. The lowest BCUT2D eigenvalue weighted by atomic mass is 9.79. The molecule has 38 heavy (non-hydrogen) atoms. The largest absolute Gasteiger partial charge is 0.440 e. The highest BCUT2D eigenvalue weighted by atomic mass is 35.5. The average molecular weight is 583 g/mol. The molecule has 0 radical (unpaired) electrons.